The molecule has 1 amide bonds. The third-order valence-corrected chi connectivity index (χ3v) is 4.07. The van der Waals surface area contributed by atoms with Gasteiger partial charge in [-0.25, -0.2) is 0 Å². The van der Waals surface area contributed by atoms with E-state index in [1.807, 2.05) is 13.8 Å². The van der Waals surface area contributed by atoms with Crippen molar-refractivity contribution in [2.24, 2.45) is 5.41 Å². The number of aliphatic hydroxyl groups is 1. The Balaban J connectivity index is 2.11. The van der Waals surface area contributed by atoms with E-state index in [2.05, 4.69) is 11.2 Å². The summed E-state index contributed by atoms with van der Waals surface area (Å²) in [6, 6.07) is 1.66. The minimum atomic E-state index is -0.236. The Kier molecular flexibility index (Phi) is 4.83. The molecule has 0 bridgehead atoms. The first-order chi connectivity index (χ1) is 9.96. The second-order valence-corrected chi connectivity index (χ2v) is 6.31. The van der Waals surface area contributed by atoms with Crippen LogP contribution in [0.25, 0.3) is 0 Å². The van der Waals surface area contributed by atoms with Crippen LogP contribution in [0.5, 0.6) is 0 Å². The first-order valence-electron chi connectivity index (χ1n) is 7.43. The van der Waals surface area contributed by atoms with Crippen LogP contribution in [0.4, 0.5) is 0 Å². The summed E-state index contributed by atoms with van der Waals surface area (Å²) in [7, 11) is 0. The van der Waals surface area contributed by atoms with Crippen molar-refractivity contribution in [1.29, 1.82) is 0 Å². The molecule has 0 aliphatic carbocycles. The number of carbonyl (C=O) groups excluding carboxylic acids is 1. The van der Waals surface area contributed by atoms with Crippen molar-refractivity contribution >= 4 is 5.91 Å². The van der Waals surface area contributed by atoms with Gasteiger partial charge in [0.15, 0.2) is 0 Å². The molecule has 21 heavy (non-hydrogen) atoms. The summed E-state index contributed by atoms with van der Waals surface area (Å²) in [5.74, 6) is 0.147. The van der Waals surface area contributed by atoms with Crippen molar-refractivity contribution < 1.29 is 14.4 Å². The Hall–Kier alpha value is -1.62. The van der Waals surface area contributed by atoms with Crippen molar-refractivity contribution in [2.45, 2.75) is 40.0 Å². The Morgan fingerprint density at radius 2 is 2.33 bits per heavy atom. The minimum Gasteiger partial charge on any atom is -0.396 e. The number of amides is 1. The van der Waals surface area contributed by atoms with E-state index in [-0.39, 0.29) is 23.7 Å². The molecule has 0 aromatic carbocycles. The van der Waals surface area contributed by atoms with Crippen LogP contribution < -0.4 is 0 Å². The first-order valence-corrected chi connectivity index (χ1v) is 7.43. The molecule has 1 aliphatic heterocycles. The van der Waals surface area contributed by atoms with Crippen LogP contribution in [-0.2, 0) is 0 Å². The van der Waals surface area contributed by atoms with E-state index in [0.29, 0.717) is 18.8 Å². The number of aromatic nitrogens is 1. The number of nitrogens with zero attached hydrogens (tertiary/aromatic N) is 2. The van der Waals surface area contributed by atoms with Gasteiger partial charge in [0.25, 0.3) is 5.91 Å². The number of rotatable bonds is 4. The lowest BCUT2D eigenvalue weighted by molar-refractivity contribution is 0.0259. The summed E-state index contributed by atoms with van der Waals surface area (Å²) in [6.07, 6.45) is 4.77. The van der Waals surface area contributed by atoms with Crippen LogP contribution in [0.3, 0.4) is 0 Å². The highest BCUT2D eigenvalue weighted by atomic mass is 16.5. The molecule has 1 aromatic rings. The lowest BCUT2D eigenvalue weighted by Gasteiger charge is -2.41. The largest absolute Gasteiger partial charge is 0.396 e. The quantitative estimate of drug-likeness (QED) is 0.866. The molecule has 116 valence electrons. The maximum absolute atomic E-state index is 12.5. The fraction of sp³-hybridized carbons (Fsp3) is 0.625. The Morgan fingerprint density at radius 1 is 1.57 bits per heavy atom. The second kappa shape index (κ2) is 6.43. The molecule has 1 atom stereocenters. The van der Waals surface area contributed by atoms with Gasteiger partial charge in [-0.3, -0.25) is 4.79 Å². The Morgan fingerprint density at radius 3 is 2.90 bits per heavy atom. The van der Waals surface area contributed by atoms with Gasteiger partial charge in [-0.05, 0) is 40.0 Å². The van der Waals surface area contributed by atoms with Crippen molar-refractivity contribution in [2.75, 3.05) is 19.7 Å². The van der Waals surface area contributed by atoms with Crippen molar-refractivity contribution in [3.05, 3.63) is 29.2 Å². The number of aryl methyl sites for hydroxylation is 1. The van der Waals surface area contributed by atoms with E-state index < -0.39 is 0 Å². The molecule has 0 saturated carbocycles. The van der Waals surface area contributed by atoms with E-state index in [9.17, 15) is 9.90 Å². The average Bonchev–Trinajstić information content (AvgIpc) is 2.91. The monoisotopic (exact) mass is 292 g/mol. The number of carbonyl (C=O) groups is 1. The topological polar surface area (TPSA) is 66.6 Å². The van der Waals surface area contributed by atoms with Gasteiger partial charge < -0.3 is 14.5 Å². The minimum absolute atomic E-state index is 0.0932. The molecule has 0 radical (unpaired) electrons. The van der Waals surface area contributed by atoms with Crippen LogP contribution in [0.1, 0.15) is 49.4 Å². The zero-order valence-corrected chi connectivity index (χ0v) is 13.1. The fourth-order valence-corrected chi connectivity index (χ4v) is 2.78. The summed E-state index contributed by atoms with van der Waals surface area (Å²) < 4.78 is 5.06. The molecule has 1 fully saturated rings. The summed E-state index contributed by atoms with van der Waals surface area (Å²) in [4.78, 5) is 14.2. The molecule has 1 saturated heterocycles. The van der Waals surface area contributed by atoms with Gasteiger partial charge in [0.05, 0.1) is 12.3 Å². The van der Waals surface area contributed by atoms with Gasteiger partial charge in [0, 0.05) is 24.6 Å². The van der Waals surface area contributed by atoms with E-state index >= 15 is 0 Å². The lowest BCUT2D eigenvalue weighted by atomic mass is 9.77. The highest BCUT2D eigenvalue weighted by molar-refractivity contribution is 5.91. The van der Waals surface area contributed by atoms with Crippen LogP contribution in [0.15, 0.2) is 22.2 Å². The van der Waals surface area contributed by atoms with E-state index in [0.717, 1.165) is 19.3 Å². The number of piperidine rings is 1. The zero-order chi connectivity index (χ0) is 15.5. The number of allylic oxidation sites excluding steroid dienone is 2. The van der Waals surface area contributed by atoms with Gasteiger partial charge in [-0.1, -0.05) is 16.8 Å². The lowest BCUT2D eigenvalue weighted by Crippen LogP contribution is -2.47. The van der Waals surface area contributed by atoms with Crippen LogP contribution >= 0.6 is 0 Å². The molecule has 1 N–H and O–H groups in total. The molecule has 0 unspecified atom stereocenters. The predicted octanol–water partition coefficient (Wildman–Crippen LogP) is 2.55. The maximum Gasteiger partial charge on any atom is 0.292 e. The van der Waals surface area contributed by atoms with Crippen molar-refractivity contribution in [3.8, 4) is 0 Å². The van der Waals surface area contributed by atoms with Gasteiger partial charge in [-0.15, -0.1) is 0 Å². The summed E-state index contributed by atoms with van der Waals surface area (Å²) in [5.41, 5.74) is 1.70. The van der Waals surface area contributed by atoms with Gasteiger partial charge in [-0.2, -0.15) is 0 Å². The molecule has 2 heterocycles. The first kappa shape index (κ1) is 15.8. The molecule has 5 heteroatoms. The van der Waals surface area contributed by atoms with Crippen molar-refractivity contribution in [3.63, 3.8) is 0 Å². The predicted molar refractivity (Wildman–Crippen MR) is 79.9 cm³/mol. The Labute approximate surface area is 125 Å². The smallest absolute Gasteiger partial charge is 0.292 e. The number of aliphatic hydroxyl groups excluding tert-OH is 1. The van der Waals surface area contributed by atoms with E-state index in [1.165, 1.54) is 5.57 Å². The van der Waals surface area contributed by atoms with Gasteiger partial charge in [0.2, 0.25) is 5.76 Å². The van der Waals surface area contributed by atoms with Crippen molar-refractivity contribution in [1.82, 2.24) is 10.1 Å². The average molecular weight is 292 g/mol. The maximum atomic E-state index is 12.5. The molecular weight excluding hydrogens is 268 g/mol. The van der Waals surface area contributed by atoms with Gasteiger partial charge in [0.1, 0.15) is 0 Å². The van der Waals surface area contributed by atoms with Crippen LogP contribution in [-0.4, -0.2) is 40.8 Å². The number of hydrogen-bond acceptors (Lipinski definition) is 4. The third kappa shape index (κ3) is 3.73. The molecular formula is C16H24N2O3. The summed E-state index contributed by atoms with van der Waals surface area (Å²) in [6.45, 7) is 7.25. The van der Waals surface area contributed by atoms with E-state index in [4.69, 9.17) is 4.52 Å². The molecule has 1 aliphatic rings. The molecule has 1 aromatic heterocycles. The standard InChI is InChI=1S/C16H24N2O3/c1-12(2)5-7-16(11-19)6-4-8-18(10-16)15(20)14-9-13(3)17-21-14/h5,9,19H,4,6-8,10-11H2,1-3H3/t16-/m1/s1. The van der Waals surface area contributed by atoms with Crippen LogP contribution in [0, 0.1) is 12.3 Å². The summed E-state index contributed by atoms with van der Waals surface area (Å²) in [5, 5.41) is 13.6. The fourth-order valence-electron chi connectivity index (χ4n) is 2.78. The van der Waals surface area contributed by atoms with Crippen LogP contribution in [0.2, 0.25) is 0 Å². The molecule has 2 rings (SSSR count). The summed E-state index contributed by atoms with van der Waals surface area (Å²) >= 11 is 0. The van der Waals surface area contributed by atoms with Gasteiger partial charge >= 0.3 is 0 Å². The highest BCUT2D eigenvalue weighted by Crippen LogP contribution is 2.34. The normalized spacial score (nSPS) is 22.2. The zero-order valence-electron chi connectivity index (χ0n) is 13.1. The number of likely N-dealkylation sites (tertiary alicyclic amines) is 1. The van der Waals surface area contributed by atoms with E-state index in [1.54, 1.807) is 17.9 Å². The molecule has 5 nitrogen and oxygen atoms in total. The third-order valence-electron chi connectivity index (χ3n) is 4.07. The Bertz CT molecular complexity index is 531. The molecule has 0 spiro atoms. The second-order valence-electron chi connectivity index (χ2n) is 6.31. The number of hydrogen-bond donors (Lipinski definition) is 1. The highest BCUT2D eigenvalue weighted by Gasteiger charge is 2.36. The SMILES string of the molecule is CC(C)=CC[C@]1(CO)CCCN(C(=O)c2cc(C)no2)C1.